The summed E-state index contributed by atoms with van der Waals surface area (Å²) >= 11 is 0. The molecule has 310 valence electrons. The molecule has 0 aliphatic carbocycles. The van der Waals surface area contributed by atoms with Gasteiger partial charge in [-0.15, -0.1) is 0 Å². The van der Waals surface area contributed by atoms with Gasteiger partial charge in [-0.1, -0.05) is 24.3 Å². The van der Waals surface area contributed by atoms with E-state index in [0.717, 1.165) is 55.4 Å². The Bertz CT molecular complexity index is 1460. The summed E-state index contributed by atoms with van der Waals surface area (Å²) in [6.45, 7) is 7.77. The number of esters is 8. The molecule has 0 unspecified atom stereocenters. The fourth-order valence-corrected chi connectivity index (χ4v) is 5.73. The quantitative estimate of drug-likeness (QED) is 0.166. The Kier molecular flexibility index (Phi) is 17.1. The molecule has 1 aromatic carbocycles. The van der Waals surface area contributed by atoms with Crippen LogP contribution in [-0.2, 0) is 108 Å². The van der Waals surface area contributed by atoms with Gasteiger partial charge in [-0.05, 0) is 11.1 Å². The Hall–Kier alpha value is -5.18. The average Bonchev–Trinajstić information content (AvgIpc) is 3.08. The van der Waals surface area contributed by atoms with Gasteiger partial charge in [0.15, 0.2) is 49.2 Å². The highest BCUT2D eigenvalue weighted by atomic mass is 16.7. The van der Waals surface area contributed by atoms with E-state index in [0.29, 0.717) is 11.1 Å². The van der Waals surface area contributed by atoms with Crippen LogP contribution in [0.1, 0.15) is 66.5 Å². The van der Waals surface area contributed by atoms with E-state index in [2.05, 4.69) is 0 Å². The second kappa shape index (κ2) is 21.2. The van der Waals surface area contributed by atoms with Crippen molar-refractivity contribution in [3.05, 3.63) is 35.4 Å². The second-order valence-electron chi connectivity index (χ2n) is 12.6. The largest absolute Gasteiger partial charge is 0.463 e. The van der Waals surface area contributed by atoms with Crippen LogP contribution in [-0.4, -0.2) is 122 Å². The van der Waals surface area contributed by atoms with Gasteiger partial charge in [-0.25, -0.2) is 0 Å². The molecule has 10 atom stereocenters. The van der Waals surface area contributed by atoms with Crippen molar-refractivity contribution in [2.75, 3.05) is 13.2 Å². The average molecular weight is 799 g/mol. The molecule has 0 saturated carbocycles. The first-order valence-corrected chi connectivity index (χ1v) is 17.3. The Morgan fingerprint density at radius 2 is 0.679 bits per heavy atom. The molecule has 56 heavy (non-hydrogen) atoms. The zero-order valence-corrected chi connectivity index (χ0v) is 32.1. The molecule has 2 saturated heterocycles. The van der Waals surface area contributed by atoms with Crippen molar-refractivity contribution in [3.63, 3.8) is 0 Å². The summed E-state index contributed by atoms with van der Waals surface area (Å²) in [4.78, 5) is 95.6. The van der Waals surface area contributed by atoms with Crippen LogP contribution in [0.5, 0.6) is 0 Å². The molecule has 1 aromatic rings. The molecule has 0 N–H and O–H groups in total. The molecular formula is C36H46O20. The highest BCUT2D eigenvalue weighted by molar-refractivity contribution is 5.70. The van der Waals surface area contributed by atoms with Gasteiger partial charge in [0.25, 0.3) is 0 Å². The third-order valence-corrected chi connectivity index (χ3v) is 7.75. The molecule has 2 fully saturated rings. The van der Waals surface area contributed by atoms with Gasteiger partial charge in [0, 0.05) is 55.4 Å². The van der Waals surface area contributed by atoms with Crippen LogP contribution in [0.15, 0.2) is 24.3 Å². The predicted octanol–water partition coefficient (Wildman–Crippen LogP) is 0.886. The lowest BCUT2D eigenvalue weighted by Crippen LogP contribution is -2.62. The van der Waals surface area contributed by atoms with E-state index < -0.39 is 122 Å². The lowest BCUT2D eigenvalue weighted by molar-refractivity contribution is -0.310. The summed E-state index contributed by atoms with van der Waals surface area (Å²) in [6.07, 6.45) is -13.5. The van der Waals surface area contributed by atoms with Gasteiger partial charge in [-0.3, -0.25) is 38.4 Å². The van der Waals surface area contributed by atoms with Crippen LogP contribution in [0, 0.1) is 0 Å². The predicted molar refractivity (Wildman–Crippen MR) is 180 cm³/mol. The monoisotopic (exact) mass is 798 g/mol. The molecule has 20 nitrogen and oxygen atoms in total. The number of hydrogen-bond donors (Lipinski definition) is 0. The summed E-state index contributed by atoms with van der Waals surface area (Å²) < 4.78 is 66.5. The Labute approximate surface area is 321 Å². The molecule has 20 heteroatoms. The first-order chi connectivity index (χ1) is 26.3. The number of carbonyl (C=O) groups is 8. The van der Waals surface area contributed by atoms with Gasteiger partial charge in [0.1, 0.15) is 25.4 Å². The highest BCUT2D eigenvalue weighted by Gasteiger charge is 2.54. The van der Waals surface area contributed by atoms with Crippen molar-refractivity contribution in [1.29, 1.82) is 0 Å². The molecule has 2 aliphatic heterocycles. The molecule has 0 aromatic heterocycles. The highest BCUT2D eigenvalue weighted by Crippen LogP contribution is 2.32. The van der Waals surface area contributed by atoms with E-state index in [1.165, 1.54) is 0 Å². The van der Waals surface area contributed by atoms with E-state index in [1.54, 1.807) is 24.3 Å². The SMILES string of the molecule is CC(=O)OC[C@H]1O[C@H](OCc2ccc(CO[C@H]3O[C@H](COC(C)=O)[C@@H](OC(C)=O)[C@H](OC(C)=O)[C@@H]3OC(C)=O)cc2)[C@@H](OC(C)=O)[C@@H](OC(C)=O)[C@@H]1OC(C)=O. The summed E-state index contributed by atoms with van der Waals surface area (Å²) in [7, 11) is 0. The number of benzene rings is 1. The maximum atomic E-state index is 12.1. The van der Waals surface area contributed by atoms with Crippen molar-refractivity contribution < 1.29 is 95.2 Å². The fraction of sp³-hybridized carbons (Fsp3) is 0.611. The molecule has 0 radical (unpaired) electrons. The zero-order valence-electron chi connectivity index (χ0n) is 32.1. The van der Waals surface area contributed by atoms with Crippen LogP contribution in [0.25, 0.3) is 0 Å². The van der Waals surface area contributed by atoms with Crippen LogP contribution < -0.4 is 0 Å². The smallest absolute Gasteiger partial charge is 0.303 e. The summed E-state index contributed by atoms with van der Waals surface area (Å²) in [5.41, 5.74) is 1.13. The van der Waals surface area contributed by atoms with Crippen molar-refractivity contribution in [2.24, 2.45) is 0 Å². The third kappa shape index (κ3) is 14.2. The molecule has 0 amide bonds. The maximum Gasteiger partial charge on any atom is 0.303 e. The van der Waals surface area contributed by atoms with Crippen molar-refractivity contribution in [2.45, 2.75) is 130 Å². The lowest BCUT2D eigenvalue weighted by atomic mass is 9.98. The van der Waals surface area contributed by atoms with Gasteiger partial charge in [0.05, 0.1) is 13.2 Å². The second-order valence-corrected chi connectivity index (χ2v) is 12.6. The van der Waals surface area contributed by atoms with Crippen LogP contribution in [0.2, 0.25) is 0 Å². The summed E-state index contributed by atoms with van der Waals surface area (Å²) in [5, 5.41) is 0. The van der Waals surface area contributed by atoms with Crippen LogP contribution in [0.3, 0.4) is 0 Å². The molecule has 3 rings (SSSR count). The van der Waals surface area contributed by atoms with E-state index in [-0.39, 0.29) is 13.2 Å². The van der Waals surface area contributed by atoms with Crippen LogP contribution >= 0.6 is 0 Å². The lowest BCUT2D eigenvalue weighted by Gasteiger charge is -2.44. The van der Waals surface area contributed by atoms with Crippen molar-refractivity contribution >= 4 is 47.8 Å². The number of carbonyl (C=O) groups excluding carboxylic acids is 8. The topological polar surface area (TPSA) is 247 Å². The van der Waals surface area contributed by atoms with Gasteiger partial charge in [0.2, 0.25) is 0 Å². The molecule has 2 aliphatic rings. The van der Waals surface area contributed by atoms with E-state index in [4.69, 9.17) is 56.8 Å². The molecule has 0 spiro atoms. The minimum atomic E-state index is -1.41. The molecular weight excluding hydrogens is 752 g/mol. The zero-order chi connectivity index (χ0) is 41.7. The molecule has 0 bridgehead atoms. The van der Waals surface area contributed by atoms with Crippen molar-refractivity contribution in [1.82, 2.24) is 0 Å². The van der Waals surface area contributed by atoms with E-state index in [1.807, 2.05) is 0 Å². The van der Waals surface area contributed by atoms with Gasteiger partial charge >= 0.3 is 47.8 Å². The summed E-state index contributed by atoms with van der Waals surface area (Å²) in [5.74, 6) is -6.05. The maximum absolute atomic E-state index is 12.1. The van der Waals surface area contributed by atoms with Crippen LogP contribution in [0.4, 0.5) is 0 Å². The Morgan fingerprint density at radius 3 is 0.946 bits per heavy atom. The summed E-state index contributed by atoms with van der Waals surface area (Å²) in [6, 6.07) is 6.60. The number of ether oxygens (including phenoxy) is 12. The van der Waals surface area contributed by atoms with Gasteiger partial charge < -0.3 is 56.8 Å². The minimum absolute atomic E-state index is 0.158. The number of hydrogen-bond acceptors (Lipinski definition) is 20. The Balaban J connectivity index is 1.81. The fourth-order valence-electron chi connectivity index (χ4n) is 5.73. The Morgan fingerprint density at radius 1 is 0.411 bits per heavy atom. The number of rotatable bonds is 16. The first kappa shape index (κ1) is 45.2. The van der Waals surface area contributed by atoms with E-state index >= 15 is 0 Å². The third-order valence-electron chi connectivity index (χ3n) is 7.75. The van der Waals surface area contributed by atoms with E-state index in [9.17, 15) is 38.4 Å². The normalized spacial score (nSPS) is 27.1. The minimum Gasteiger partial charge on any atom is -0.463 e. The van der Waals surface area contributed by atoms with Crippen molar-refractivity contribution in [3.8, 4) is 0 Å². The van der Waals surface area contributed by atoms with Gasteiger partial charge in [-0.2, -0.15) is 0 Å². The first-order valence-electron chi connectivity index (χ1n) is 17.3. The standard InChI is InChI=1S/C36H46O20/c1-17(37)45-15-27-29(49-19(3)39)31(51-21(5)41)33(53-23(7)43)35(55-27)47-13-25-9-11-26(12-10-25)14-48-36-34(54-24(8)44)32(52-22(6)42)30(50-20(4)40)28(56-36)16-46-18(2)38/h9-12,27-36H,13-16H2,1-8H3/t27-,28-,29-,30-,31+,32+,33+,34+,35+,36+/m1/s1. The molecule has 2 heterocycles.